The molecule has 0 aromatic carbocycles. The van der Waals surface area contributed by atoms with Gasteiger partial charge in [-0.25, -0.2) is 0 Å². The van der Waals surface area contributed by atoms with Gasteiger partial charge < -0.3 is 0 Å². The summed E-state index contributed by atoms with van der Waals surface area (Å²) in [5.41, 5.74) is 0. The Morgan fingerprint density at radius 2 is 1.38 bits per heavy atom. The van der Waals surface area contributed by atoms with Crippen LogP contribution in [0.3, 0.4) is 0 Å². The Bertz CT molecular complexity index is 103. The summed E-state index contributed by atoms with van der Waals surface area (Å²) in [7, 11) is 0. The van der Waals surface area contributed by atoms with Gasteiger partial charge in [0.05, 0.1) is 0 Å². The monoisotopic (exact) mass is 181 g/mol. The molecule has 1 saturated carbocycles. The van der Waals surface area contributed by atoms with Gasteiger partial charge in [0.2, 0.25) is 0 Å². The summed E-state index contributed by atoms with van der Waals surface area (Å²) in [6.07, 6.45) is 13.1. The molecule has 0 N–H and O–H groups in total. The molecular weight excluding hydrogens is 156 g/mol. The Morgan fingerprint density at radius 3 is 2.08 bits per heavy atom. The van der Waals surface area contributed by atoms with E-state index in [1.165, 1.54) is 57.8 Å². The zero-order valence-electron chi connectivity index (χ0n) is 9.44. The van der Waals surface area contributed by atoms with Crippen LogP contribution in [0.2, 0.25) is 0 Å². The minimum atomic E-state index is 0.887. The van der Waals surface area contributed by atoms with Gasteiger partial charge in [-0.15, -0.1) is 0 Å². The maximum absolute atomic E-state index is 2.41. The SMILES string of the molecule is C[C]1CCCCCCCCCC1C. The molecule has 0 nitrogen and oxygen atoms in total. The molecule has 1 unspecified atom stereocenters. The molecule has 0 aliphatic heterocycles. The molecule has 1 atom stereocenters. The fourth-order valence-corrected chi connectivity index (χ4v) is 2.23. The highest BCUT2D eigenvalue weighted by molar-refractivity contribution is 4.89. The molecule has 0 saturated heterocycles. The first-order chi connectivity index (χ1) is 6.30. The van der Waals surface area contributed by atoms with Gasteiger partial charge in [0, 0.05) is 0 Å². The Balaban J connectivity index is 2.26. The van der Waals surface area contributed by atoms with Gasteiger partial charge in [0.1, 0.15) is 0 Å². The first-order valence-corrected chi connectivity index (χ1v) is 6.13. The van der Waals surface area contributed by atoms with Crippen molar-refractivity contribution in [1.29, 1.82) is 0 Å². The molecule has 0 aromatic rings. The lowest BCUT2D eigenvalue weighted by atomic mass is 9.87. The van der Waals surface area contributed by atoms with Gasteiger partial charge in [-0.1, -0.05) is 65.2 Å². The average Bonchev–Trinajstić information content (AvgIpc) is 2.16. The summed E-state index contributed by atoms with van der Waals surface area (Å²) in [6, 6.07) is 0. The zero-order valence-corrected chi connectivity index (χ0v) is 9.44. The van der Waals surface area contributed by atoms with E-state index in [4.69, 9.17) is 0 Å². The fraction of sp³-hybridized carbons (Fsp3) is 0.923. The molecule has 1 aliphatic carbocycles. The molecule has 1 fully saturated rings. The fourth-order valence-electron chi connectivity index (χ4n) is 2.23. The van der Waals surface area contributed by atoms with Crippen LogP contribution in [-0.4, -0.2) is 0 Å². The molecule has 0 aromatic heterocycles. The van der Waals surface area contributed by atoms with Crippen molar-refractivity contribution in [3.63, 3.8) is 0 Å². The normalized spacial score (nSPS) is 29.5. The van der Waals surface area contributed by atoms with Gasteiger partial charge in [-0.2, -0.15) is 0 Å². The van der Waals surface area contributed by atoms with Gasteiger partial charge in [-0.3, -0.25) is 0 Å². The van der Waals surface area contributed by atoms with E-state index in [1.54, 1.807) is 5.92 Å². The van der Waals surface area contributed by atoms with Crippen molar-refractivity contribution in [2.75, 3.05) is 0 Å². The second-order valence-electron chi connectivity index (χ2n) is 4.76. The largest absolute Gasteiger partial charge is 0.0620 e. The highest BCUT2D eigenvalue weighted by Crippen LogP contribution is 2.26. The van der Waals surface area contributed by atoms with Crippen molar-refractivity contribution < 1.29 is 0 Å². The van der Waals surface area contributed by atoms with Crippen LogP contribution in [0.15, 0.2) is 0 Å². The Labute approximate surface area is 84.1 Å². The lowest BCUT2D eigenvalue weighted by molar-refractivity contribution is 0.483. The molecule has 0 heterocycles. The van der Waals surface area contributed by atoms with Crippen LogP contribution in [0.1, 0.15) is 71.6 Å². The third kappa shape index (κ3) is 4.69. The van der Waals surface area contributed by atoms with Crippen LogP contribution in [0.5, 0.6) is 0 Å². The maximum Gasteiger partial charge on any atom is -0.0244 e. The maximum atomic E-state index is 2.41. The van der Waals surface area contributed by atoms with Crippen LogP contribution < -0.4 is 0 Å². The summed E-state index contributed by atoms with van der Waals surface area (Å²) in [4.78, 5) is 0. The first kappa shape index (κ1) is 11.1. The van der Waals surface area contributed by atoms with E-state index in [2.05, 4.69) is 13.8 Å². The second kappa shape index (κ2) is 6.45. The summed E-state index contributed by atoms with van der Waals surface area (Å²) in [5, 5.41) is 0. The summed E-state index contributed by atoms with van der Waals surface area (Å²) in [6.45, 7) is 4.77. The van der Waals surface area contributed by atoms with Crippen molar-refractivity contribution in [2.24, 2.45) is 5.92 Å². The van der Waals surface area contributed by atoms with Crippen molar-refractivity contribution in [1.82, 2.24) is 0 Å². The lowest BCUT2D eigenvalue weighted by Crippen LogP contribution is -2.05. The lowest BCUT2D eigenvalue weighted by Gasteiger charge is -2.18. The van der Waals surface area contributed by atoms with Crippen LogP contribution in [0, 0.1) is 11.8 Å². The quantitative estimate of drug-likeness (QED) is 0.506. The van der Waals surface area contributed by atoms with E-state index < -0.39 is 0 Å². The average molecular weight is 181 g/mol. The topological polar surface area (TPSA) is 0 Å². The molecule has 1 rings (SSSR count). The molecular formula is C13H25. The van der Waals surface area contributed by atoms with Crippen molar-refractivity contribution >= 4 is 0 Å². The Kier molecular flexibility index (Phi) is 5.50. The third-order valence-electron chi connectivity index (χ3n) is 3.55. The molecule has 1 radical (unpaired) electrons. The van der Waals surface area contributed by atoms with Crippen molar-refractivity contribution in [2.45, 2.75) is 71.6 Å². The van der Waals surface area contributed by atoms with Crippen LogP contribution in [0.25, 0.3) is 0 Å². The van der Waals surface area contributed by atoms with Gasteiger partial charge in [0.25, 0.3) is 0 Å². The summed E-state index contributed by atoms with van der Waals surface area (Å²) < 4.78 is 0. The van der Waals surface area contributed by atoms with E-state index in [9.17, 15) is 0 Å². The molecule has 0 heteroatoms. The number of hydrogen-bond donors (Lipinski definition) is 0. The second-order valence-corrected chi connectivity index (χ2v) is 4.76. The smallest absolute Gasteiger partial charge is 0.0244 e. The highest BCUT2D eigenvalue weighted by atomic mass is 14.2. The van der Waals surface area contributed by atoms with Crippen molar-refractivity contribution in [3.05, 3.63) is 5.92 Å². The summed E-state index contributed by atoms with van der Waals surface area (Å²) >= 11 is 0. The Morgan fingerprint density at radius 1 is 0.846 bits per heavy atom. The Hall–Kier alpha value is 0. The summed E-state index contributed by atoms with van der Waals surface area (Å²) in [5.74, 6) is 2.64. The molecule has 77 valence electrons. The van der Waals surface area contributed by atoms with E-state index in [0.717, 1.165) is 5.92 Å². The van der Waals surface area contributed by atoms with E-state index >= 15 is 0 Å². The van der Waals surface area contributed by atoms with Crippen LogP contribution in [0.4, 0.5) is 0 Å². The molecule has 0 amide bonds. The van der Waals surface area contributed by atoms with Crippen LogP contribution >= 0.6 is 0 Å². The molecule has 13 heavy (non-hydrogen) atoms. The first-order valence-electron chi connectivity index (χ1n) is 6.13. The minimum absolute atomic E-state index is 0.887. The number of rotatable bonds is 0. The zero-order chi connectivity index (χ0) is 9.52. The van der Waals surface area contributed by atoms with Gasteiger partial charge >= 0.3 is 0 Å². The molecule has 1 aliphatic rings. The highest BCUT2D eigenvalue weighted by Gasteiger charge is 2.12. The predicted octanol–water partition coefficient (Wildman–Crippen LogP) is 4.74. The van der Waals surface area contributed by atoms with Gasteiger partial charge in [0.15, 0.2) is 0 Å². The van der Waals surface area contributed by atoms with Crippen LogP contribution in [-0.2, 0) is 0 Å². The van der Waals surface area contributed by atoms with E-state index in [0.29, 0.717) is 0 Å². The van der Waals surface area contributed by atoms with Gasteiger partial charge in [-0.05, 0) is 18.3 Å². The molecule has 0 spiro atoms. The minimum Gasteiger partial charge on any atom is -0.0620 e. The van der Waals surface area contributed by atoms with Crippen molar-refractivity contribution in [3.8, 4) is 0 Å². The van der Waals surface area contributed by atoms with E-state index in [1.807, 2.05) is 0 Å². The van der Waals surface area contributed by atoms with E-state index in [-0.39, 0.29) is 0 Å². The standard InChI is InChI=1S/C13H25/c1-12-10-8-6-4-3-5-7-9-11-13(12)2/h12H,3-11H2,1-2H3. The number of hydrogen-bond acceptors (Lipinski definition) is 0. The molecule has 0 bridgehead atoms. The predicted molar refractivity (Wildman–Crippen MR) is 59.6 cm³/mol. The third-order valence-corrected chi connectivity index (χ3v) is 3.55.